The highest BCUT2D eigenvalue weighted by Gasteiger charge is 2.31. The lowest BCUT2D eigenvalue weighted by Crippen LogP contribution is -2.42. The lowest BCUT2D eigenvalue weighted by atomic mass is 9.80. The van der Waals surface area contributed by atoms with Crippen molar-refractivity contribution in [1.29, 1.82) is 10.7 Å². The number of allylic oxidation sites excluding steroid dienone is 1. The topological polar surface area (TPSA) is 103 Å². The second-order valence-corrected chi connectivity index (χ2v) is 8.35. The number of hydrogen-bond donors (Lipinski definition) is 3. The van der Waals surface area contributed by atoms with Crippen LogP contribution in [-0.4, -0.2) is 28.5 Å². The van der Waals surface area contributed by atoms with Crippen molar-refractivity contribution in [2.45, 2.75) is 37.9 Å². The minimum Gasteiger partial charge on any atom is -0.398 e. The maximum Gasteiger partial charge on any atom is 0.125 e. The van der Waals surface area contributed by atoms with Gasteiger partial charge >= 0.3 is 0 Å². The Morgan fingerprint density at radius 3 is 2.64 bits per heavy atom. The molecule has 1 aromatic carbocycles. The van der Waals surface area contributed by atoms with Crippen molar-refractivity contribution in [2.75, 3.05) is 18.8 Å². The molecule has 0 aromatic heterocycles. The Kier molecular flexibility index (Phi) is 5.07. The first-order valence-electron chi connectivity index (χ1n) is 8.63. The first-order chi connectivity index (χ1) is 11.9. The summed E-state index contributed by atoms with van der Waals surface area (Å²) in [5.74, 6) is 0.600. The molecule has 5 N–H and O–H groups in total. The van der Waals surface area contributed by atoms with Gasteiger partial charge in [0, 0.05) is 35.5 Å². The molecule has 25 heavy (non-hydrogen) atoms. The van der Waals surface area contributed by atoms with Gasteiger partial charge in [-0.2, -0.15) is 5.26 Å². The van der Waals surface area contributed by atoms with Crippen LogP contribution in [0.15, 0.2) is 23.8 Å². The normalized spacial score (nSPS) is 24.3. The SMILES string of the molecule is CC1=CC(SN2CC(C#N)C2)CCC1c1ccc(N)c(C(=N)N)c1C. The Bertz CT molecular complexity index is 758. The number of amidine groups is 1. The van der Waals surface area contributed by atoms with Gasteiger partial charge in [0.05, 0.1) is 12.0 Å². The van der Waals surface area contributed by atoms with E-state index in [2.05, 4.69) is 29.4 Å². The third-order valence-corrected chi connectivity index (χ3v) is 6.48. The predicted molar refractivity (Wildman–Crippen MR) is 104 cm³/mol. The predicted octanol–water partition coefficient (Wildman–Crippen LogP) is 3.16. The second kappa shape index (κ2) is 7.11. The zero-order valence-electron chi connectivity index (χ0n) is 14.7. The van der Waals surface area contributed by atoms with Crippen LogP contribution in [0.1, 0.15) is 42.4 Å². The van der Waals surface area contributed by atoms with Gasteiger partial charge in [-0.3, -0.25) is 5.41 Å². The van der Waals surface area contributed by atoms with Crippen LogP contribution in [0, 0.1) is 29.6 Å². The standard InChI is InChI=1S/C19H25N5S/c1-11-7-14(25-24-9-13(8-20)10-24)3-4-15(11)16-5-6-17(21)18(12(16)2)19(22)23/h5-7,13-15H,3-4,9-10,21H2,1-2H3,(H3,22,23). The van der Waals surface area contributed by atoms with E-state index in [9.17, 15) is 0 Å². The second-order valence-electron chi connectivity index (χ2n) is 7.02. The Morgan fingerprint density at radius 2 is 2.04 bits per heavy atom. The first kappa shape index (κ1) is 17.8. The van der Waals surface area contributed by atoms with E-state index >= 15 is 0 Å². The highest BCUT2D eigenvalue weighted by molar-refractivity contribution is 7.97. The van der Waals surface area contributed by atoms with E-state index in [-0.39, 0.29) is 11.8 Å². The molecular formula is C19H25N5S. The van der Waals surface area contributed by atoms with E-state index in [4.69, 9.17) is 22.1 Å². The summed E-state index contributed by atoms with van der Waals surface area (Å²) in [6.07, 6.45) is 4.55. The molecule has 0 spiro atoms. The van der Waals surface area contributed by atoms with Crippen LogP contribution in [0.25, 0.3) is 0 Å². The fourth-order valence-electron chi connectivity index (χ4n) is 3.82. The van der Waals surface area contributed by atoms with Crippen LogP contribution in [0.5, 0.6) is 0 Å². The molecule has 2 unspecified atom stereocenters. The molecule has 1 saturated heterocycles. The van der Waals surface area contributed by atoms with Gasteiger partial charge in [0.1, 0.15) is 5.84 Å². The van der Waals surface area contributed by atoms with Crippen molar-refractivity contribution in [1.82, 2.24) is 4.31 Å². The van der Waals surface area contributed by atoms with Gasteiger partial charge in [-0.25, -0.2) is 4.31 Å². The average molecular weight is 356 g/mol. The van der Waals surface area contributed by atoms with E-state index in [1.807, 2.05) is 24.9 Å². The van der Waals surface area contributed by atoms with Crippen molar-refractivity contribution in [3.05, 3.63) is 40.5 Å². The summed E-state index contributed by atoms with van der Waals surface area (Å²) in [5.41, 5.74) is 16.6. The van der Waals surface area contributed by atoms with E-state index in [1.54, 1.807) is 0 Å². The summed E-state index contributed by atoms with van der Waals surface area (Å²) in [6, 6.07) is 6.28. The molecule has 132 valence electrons. The van der Waals surface area contributed by atoms with Gasteiger partial charge in [0.15, 0.2) is 0 Å². The number of nitrogens with one attached hydrogen (secondary N) is 1. The summed E-state index contributed by atoms with van der Waals surface area (Å²) in [5, 5.41) is 17.2. The Morgan fingerprint density at radius 1 is 1.32 bits per heavy atom. The molecule has 1 heterocycles. The molecule has 1 aliphatic carbocycles. The zero-order chi connectivity index (χ0) is 18.1. The summed E-state index contributed by atoms with van der Waals surface area (Å²) < 4.78 is 2.30. The van der Waals surface area contributed by atoms with Crippen LogP contribution >= 0.6 is 11.9 Å². The molecule has 1 aromatic rings. The number of nitrogen functional groups attached to an aromatic ring is 2. The van der Waals surface area contributed by atoms with Crippen LogP contribution in [0.3, 0.4) is 0 Å². The fourth-order valence-corrected chi connectivity index (χ4v) is 5.25. The lowest BCUT2D eigenvalue weighted by molar-refractivity contribution is 0.272. The minimum atomic E-state index is 0.0348. The maximum absolute atomic E-state index is 8.89. The Balaban J connectivity index is 1.75. The van der Waals surface area contributed by atoms with Crippen molar-refractivity contribution in [3.63, 3.8) is 0 Å². The minimum absolute atomic E-state index is 0.0348. The van der Waals surface area contributed by atoms with Gasteiger partial charge in [-0.15, -0.1) is 0 Å². The van der Waals surface area contributed by atoms with Crippen molar-refractivity contribution >= 4 is 23.5 Å². The molecule has 0 radical (unpaired) electrons. The number of nitriles is 1. The van der Waals surface area contributed by atoms with E-state index < -0.39 is 0 Å². The quantitative estimate of drug-likeness (QED) is 0.253. The molecule has 0 bridgehead atoms. The third-order valence-electron chi connectivity index (χ3n) is 5.24. The van der Waals surface area contributed by atoms with Crippen molar-refractivity contribution in [3.8, 4) is 6.07 Å². The van der Waals surface area contributed by atoms with Crippen molar-refractivity contribution < 1.29 is 0 Å². The molecule has 6 heteroatoms. The molecule has 0 saturated carbocycles. The molecule has 3 rings (SSSR count). The summed E-state index contributed by atoms with van der Waals surface area (Å²) in [7, 11) is 0. The molecule has 2 atom stereocenters. The van der Waals surface area contributed by atoms with E-state index in [0.717, 1.165) is 31.5 Å². The van der Waals surface area contributed by atoms with E-state index in [0.29, 0.717) is 22.4 Å². The van der Waals surface area contributed by atoms with Gasteiger partial charge in [0.25, 0.3) is 0 Å². The monoisotopic (exact) mass is 355 g/mol. The number of nitrogens with zero attached hydrogens (tertiary/aromatic N) is 2. The fraction of sp³-hybridized carbons (Fsp3) is 0.474. The lowest BCUT2D eigenvalue weighted by Gasteiger charge is -2.37. The molecule has 1 fully saturated rings. The van der Waals surface area contributed by atoms with Crippen LogP contribution in [0.2, 0.25) is 0 Å². The largest absolute Gasteiger partial charge is 0.398 e. The van der Waals surface area contributed by atoms with Crippen LogP contribution in [0.4, 0.5) is 5.69 Å². The molecule has 2 aliphatic rings. The van der Waals surface area contributed by atoms with Gasteiger partial charge in [-0.05, 0) is 43.9 Å². The molecule has 5 nitrogen and oxygen atoms in total. The number of nitrogens with two attached hydrogens (primary N) is 2. The van der Waals surface area contributed by atoms with Gasteiger partial charge < -0.3 is 11.5 Å². The molecule has 1 aliphatic heterocycles. The number of benzene rings is 1. The van der Waals surface area contributed by atoms with Crippen molar-refractivity contribution in [2.24, 2.45) is 11.7 Å². The number of rotatable bonds is 4. The summed E-state index contributed by atoms with van der Waals surface area (Å²) in [4.78, 5) is 0. The Hall–Kier alpha value is -1.97. The van der Waals surface area contributed by atoms with Gasteiger partial charge in [-0.1, -0.05) is 29.7 Å². The molecular weight excluding hydrogens is 330 g/mol. The molecule has 0 amide bonds. The van der Waals surface area contributed by atoms with Crippen LogP contribution < -0.4 is 11.5 Å². The zero-order valence-corrected chi connectivity index (χ0v) is 15.6. The summed E-state index contributed by atoms with van der Waals surface area (Å²) in [6.45, 7) is 5.97. The number of hydrogen-bond acceptors (Lipinski definition) is 5. The van der Waals surface area contributed by atoms with Gasteiger partial charge in [0.2, 0.25) is 0 Å². The number of anilines is 1. The average Bonchev–Trinajstić information content (AvgIpc) is 2.51. The highest BCUT2D eigenvalue weighted by atomic mass is 32.2. The smallest absolute Gasteiger partial charge is 0.125 e. The van der Waals surface area contributed by atoms with Crippen LogP contribution in [-0.2, 0) is 0 Å². The maximum atomic E-state index is 8.89. The highest BCUT2D eigenvalue weighted by Crippen LogP contribution is 2.41. The van der Waals surface area contributed by atoms with E-state index in [1.165, 1.54) is 11.1 Å². The first-order valence-corrected chi connectivity index (χ1v) is 9.47. The Labute approximate surface area is 153 Å². The third kappa shape index (κ3) is 3.53. The summed E-state index contributed by atoms with van der Waals surface area (Å²) >= 11 is 1.87.